The minimum absolute atomic E-state index is 0.0920. The maximum absolute atomic E-state index is 14.4. The number of allylic oxidation sites excluding steroid dienone is 3. The van der Waals surface area contributed by atoms with E-state index in [4.69, 9.17) is 15.0 Å². The highest BCUT2D eigenvalue weighted by Gasteiger charge is 2.31. The molecule has 0 atom stereocenters. The standard InChI is InChI=1S/C25H25FN2OS.C4H10O.C2H4.CH2O2/c1-6-19-15(3)24-23(16(4)22(19)20-11-10-14(2)27-25(20)29)21-12-18(26)9-7-8-17(21)13-28(24)30-5;1-4(2,3)5;1-2;2-1-3/h9-11H,6,12-13H2,1-5H3,(H,27,29);5H,1-3H3;1-2H2;1H,(H,2,3). The SMILES string of the molecule is C=C.CC(C)(C)O.CCc1c(C)c2c(c(C)c1-c1ccc(C)[nH]c1=O)C1=C(C#CC=C(F)C1)CN2SC.O=CO. The zero-order chi connectivity index (χ0) is 30.8. The van der Waals surface area contributed by atoms with Crippen LogP contribution in [-0.4, -0.2) is 40.1 Å². The van der Waals surface area contributed by atoms with Gasteiger partial charge in [-0.3, -0.25) is 9.59 Å². The molecule has 1 aromatic carbocycles. The highest BCUT2D eigenvalue weighted by atomic mass is 32.2. The monoisotopic (exact) mass is 568 g/mol. The van der Waals surface area contributed by atoms with E-state index in [2.05, 4.69) is 61.3 Å². The quantitative estimate of drug-likeness (QED) is 0.161. The molecular formula is C32H41FN2O4S. The Morgan fingerprint density at radius 3 is 2.25 bits per heavy atom. The van der Waals surface area contributed by atoms with E-state index in [1.165, 1.54) is 11.6 Å². The third-order valence-electron chi connectivity index (χ3n) is 6.01. The number of nitrogens with one attached hydrogen (secondary N) is 1. The zero-order valence-electron chi connectivity index (χ0n) is 24.8. The fourth-order valence-corrected chi connectivity index (χ4v) is 5.33. The van der Waals surface area contributed by atoms with E-state index in [1.54, 1.807) is 32.7 Å². The van der Waals surface area contributed by atoms with Crippen molar-refractivity contribution < 1.29 is 19.4 Å². The zero-order valence-corrected chi connectivity index (χ0v) is 25.6. The molecule has 0 radical (unpaired) electrons. The number of pyridine rings is 1. The number of carbonyl (C=O) groups is 1. The maximum atomic E-state index is 14.4. The van der Waals surface area contributed by atoms with Crippen molar-refractivity contribution in [2.75, 3.05) is 17.1 Å². The van der Waals surface area contributed by atoms with Crippen LogP contribution in [0.4, 0.5) is 10.1 Å². The van der Waals surface area contributed by atoms with Crippen LogP contribution >= 0.6 is 11.9 Å². The summed E-state index contributed by atoms with van der Waals surface area (Å²) in [6.45, 7) is 19.8. The van der Waals surface area contributed by atoms with Gasteiger partial charge in [-0.15, -0.1) is 13.2 Å². The summed E-state index contributed by atoms with van der Waals surface area (Å²) in [6, 6.07) is 3.84. The van der Waals surface area contributed by atoms with Crippen LogP contribution in [0.15, 0.2) is 47.6 Å². The number of halogens is 1. The molecule has 2 heterocycles. The first kappa shape index (κ1) is 34.5. The number of anilines is 1. The van der Waals surface area contributed by atoms with E-state index >= 15 is 0 Å². The van der Waals surface area contributed by atoms with Gasteiger partial charge in [-0.1, -0.05) is 30.7 Å². The van der Waals surface area contributed by atoms with Crippen molar-refractivity contribution in [2.24, 2.45) is 0 Å². The van der Waals surface area contributed by atoms with E-state index in [0.29, 0.717) is 12.1 Å². The Bertz CT molecular complexity index is 1400. The van der Waals surface area contributed by atoms with Gasteiger partial charge in [0.2, 0.25) is 0 Å². The molecule has 0 fully saturated rings. The summed E-state index contributed by atoms with van der Waals surface area (Å²) in [5.74, 6) is 5.80. The number of benzene rings is 1. The molecule has 0 saturated heterocycles. The van der Waals surface area contributed by atoms with Gasteiger partial charge in [0.05, 0.1) is 17.8 Å². The smallest absolute Gasteiger partial charge is 0.290 e. The predicted molar refractivity (Wildman–Crippen MR) is 167 cm³/mol. The first-order valence-corrected chi connectivity index (χ1v) is 14.0. The molecule has 0 spiro atoms. The lowest BCUT2D eigenvalue weighted by Gasteiger charge is -2.35. The number of nitrogens with zero attached hydrogens (tertiary/aromatic N) is 1. The van der Waals surface area contributed by atoms with E-state index in [1.807, 2.05) is 19.1 Å². The Labute approximate surface area is 241 Å². The molecule has 2 aromatic rings. The van der Waals surface area contributed by atoms with Gasteiger partial charge < -0.3 is 19.5 Å². The van der Waals surface area contributed by atoms with Gasteiger partial charge >= 0.3 is 0 Å². The first-order valence-electron chi connectivity index (χ1n) is 12.9. The molecular weight excluding hydrogens is 527 g/mol. The summed E-state index contributed by atoms with van der Waals surface area (Å²) >= 11 is 1.65. The molecule has 216 valence electrons. The van der Waals surface area contributed by atoms with E-state index in [9.17, 15) is 9.18 Å². The second kappa shape index (κ2) is 15.3. The summed E-state index contributed by atoms with van der Waals surface area (Å²) in [6.07, 6.45) is 4.46. The van der Waals surface area contributed by atoms with Gasteiger partial charge in [0.15, 0.2) is 0 Å². The van der Waals surface area contributed by atoms with Crippen LogP contribution in [0.25, 0.3) is 16.7 Å². The van der Waals surface area contributed by atoms with Gasteiger partial charge in [-0.2, -0.15) is 0 Å². The molecule has 0 amide bonds. The molecule has 40 heavy (non-hydrogen) atoms. The number of aromatic amines is 1. The van der Waals surface area contributed by atoms with E-state index in [0.717, 1.165) is 51.2 Å². The van der Waals surface area contributed by atoms with Crippen LogP contribution in [-0.2, 0) is 11.2 Å². The molecule has 2 aliphatic rings. The Hall–Kier alpha value is -3.54. The van der Waals surface area contributed by atoms with Gasteiger partial charge in [0, 0.05) is 41.1 Å². The number of aliphatic hydroxyl groups is 1. The molecule has 0 bridgehead atoms. The number of H-pyrrole nitrogens is 1. The molecule has 6 nitrogen and oxygen atoms in total. The minimum Gasteiger partial charge on any atom is -0.483 e. The van der Waals surface area contributed by atoms with E-state index in [-0.39, 0.29) is 24.3 Å². The molecule has 1 aliphatic heterocycles. The molecule has 4 rings (SSSR count). The van der Waals surface area contributed by atoms with Crippen molar-refractivity contribution in [1.29, 1.82) is 0 Å². The number of aromatic nitrogens is 1. The lowest BCUT2D eigenvalue weighted by molar-refractivity contribution is -0.122. The topological polar surface area (TPSA) is 93.6 Å². The van der Waals surface area contributed by atoms with Crippen molar-refractivity contribution >= 4 is 29.7 Å². The summed E-state index contributed by atoms with van der Waals surface area (Å²) in [4.78, 5) is 24.2. The number of aryl methyl sites for hydroxylation is 1. The Kier molecular flexibility index (Phi) is 13.2. The maximum Gasteiger partial charge on any atom is 0.290 e. The summed E-state index contributed by atoms with van der Waals surface area (Å²) < 4.78 is 16.7. The highest BCUT2D eigenvalue weighted by Crippen LogP contribution is 2.48. The average molecular weight is 569 g/mol. The fraction of sp³-hybridized carbons (Fsp3) is 0.375. The van der Waals surface area contributed by atoms with Crippen molar-refractivity contribution in [3.05, 3.63) is 81.1 Å². The average Bonchev–Trinajstić information content (AvgIpc) is 3.06. The Balaban J connectivity index is 0.000000699. The number of fused-ring (bicyclic) bond motifs is 2. The van der Waals surface area contributed by atoms with Crippen LogP contribution in [0, 0.1) is 32.6 Å². The number of hydrogen-bond acceptors (Lipinski definition) is 5. The van der Waals surface area contributed by atoms with Gasteiger partial charge in [-0.25, -0.2) is 4.39 Å². The lowest BCUT2D eigenvalue weighted by Crippen LogP contribution is -2.26. The van der Waals surface area contributed by atoms with Crippen LogP contribution in [0.5, 0.6) is 0 Å². The molecule has 1 aliphatic carbocycles. The lowest BCUT2D eigenvalue weighted by atomic mass is 9.80. The summed E-state index contributed by atoms with van der Waals surface area (Å²) in [5, 5.41) is 15.4. The number of rotatable bonds is 3. The minimum atomic E-state index is -0.500. The van der Waals surface area contributed by atoms with Crippen molar-refractivity contribution in [3.63, 3.8) is 0 Å². The second-order valence-electron chi connectivity index (χ2n) is 10.1. The molecule has 3 N–H and O–H groups in total. The first-order chi connectivity index (χ1) is 18.8. The third kappa shape index (κ3) is 8.48. The molecule has 8 heteroatoms. The molecule has 0 unspecified atom stereocenters. The van der Waals surface area contributed by atoms with Gasteiger partial charge in [0.25, 0.3) is 12.0 Å². The molecule has 1 aromatic heterocycles. The third-order valence-corrected chi connectivity index (χ3v) is 6.76. The summed E-state index contributed by atoms with van der Waals surface area (Å²) in [7, 11) is 0. The van der Waals surface area contributed by atoms with Crippen LogP contribution in [0.1, 0.15) is 62.1 Å². The van der Waals surface area contributed by atoms with Crippen LogP contribution in [0.3, 0.4) is 0 Å². The van der Waals surface area contributed by atoms with Crippen LogP contribution < -0.4 is 9.86 Å². The number of carboxylic acid groups (broad SMARTS) is 1. The number of hydrogen-bond donors (Lipinski definition) is 3. The van der Waals surface area contributed by atoms with Gasteiger partial charge in [-0.05, 0) is 87.9 Å². The fourth-order valence-electron chi connectivity index (χ4n) is 4.66. The predicted octanol–water partition coefficient (Wildman–Crippen LogP) is 6.92. The molecule has 0 saturated carbocycles. The van der Waals surface area contributed by atoms with Crippen molar-refractivity contribution in [2.45, 2.75) is 66.9 Å². The largest absolute Gasteiger partial charge is 0.483 e. The second-order valence-corrected chi connectivity index (χ2v) is 10.9. The summed E-state index contributed by atoms with van der Waals surface area (Å²) in [5.41, 5.74) is 9.25. The highest BCUT2D eigenvalue weighted by molar-refractivity contribution is 8.00. The Morgan fingerprint density at radius 1 is 1.18 bits per heavy atom. The van der Waals surface area contributed by atoms with Crippen LogP contribution in [0.2, 0.25) is 0 Å². The van der Waals surface area contributed by atoms with Crippen molar-refractivity contribution in [3.8, 4) is 23.0 Å². The Morgan fingerprint density at radius 2 is 1.75 bits per heavy atom. The van der Waals surface area contributed by atoms with E-state index < -0.39 is 5.60 Å². The van der Waals surface area contributed by atoms with Crippen molar-refractivity contribution in [1.82, 2.24) is 4.98 Å². The normalized spacial score (nSPS) is 13.2. The van der Waals surface area contributed by atoms with Gasteiger partial charge in [0.1, 0.15) is 5.83 Å².